The van der Waals surface area contributed by atoms with Gasteiger partial charge in [-0.05, 0) is 62.4 Å². The van der Waals surface area contributed by atoms with Crippen molar-refractivity contribution < 1.29 is 4.42 Å². The van der Waals surface area contributed by atoms with Gasteiger partial charge in [-0.3, -0.25) is 4.99 Å². The number of anilines is 1. The summed E-state index contributed by atoms with van der Waals surface area (Å²) in [5.41, 5.74) is 4.65. The van der Waals surface area contributed by atoms with E-state index in [2.05, 4.69) is 35.9 Å². The zero-order valence-corrected chi connectivity index (χ0v) is 19.8. The van der Waals surface area contributed by atoms with Crippen molar-refractivity contribution in [3.05, 3.63) is 107 Å². The maximum Gasteiger partial charge on any atom is 0.345 e. The Labute approximate surface area is 203 Å². The molecule has 174 valence electrons. The van der Waals surface area contributed by atoms with Gasteiger partial charge in [-0.1, -0.05) is 36.4 Å². The molecule has 0 radical (unpaired) electrons. The lowest BCUT2D eigenvalue weighted by Gasteiger charge is -2.20. The number of nitrogens with zero attached hydrogens (tertiary/aromatic N) is 4. The maximum absolute atomic E-state index is 12.9. The second-order valence-electron chi connectivity index (χ2n) is 8.15. The molecule has 6 nitrogen and oxygen atoms in total. The highest BCUT2D eigenvalue weighted by Gasteiger charge is 2.16. The molecule has 0 spiro atoms. The second-order valence-corrected chi connectivity index (χ2v) is 8.15. The van der Waals surface area contributed by atoms with Crippen LogP contribution in [0.4, 0.5) is 11.4 Å². The van der Waals surface area contributed by atoms with Gasteiger partial charge in [0.1, 0.15) is 11.3 Å². The van der Waals surface area contributed by atoms with E-state index in [0.29, 0.717) is 16.8 Å². The molecule has 2 heterocycles. The normalized spacial score (nSPS) is 11.4. The third kappa shape index (κ3) is 4.64. The fourth-order valence-electron chi connectivity index (χ4n) is 4.11. The minimum atomic E-state index is -0.430. The van der Waals surface area contributed by atoms with Crippen LogP contribution >= 0.6 is 0 Å². The average molecular weight is 463 g/mol. The topological polar surface area (TPSA) is 63.6 Å². The predicted octanol–water partition coefficient (Wildman–Crippen LogP) is 6.24. The lowest BCUT2D eigenvalue weighted by molar-refractivity contribution is 0.563. The van der Waals surface area contributed by atoms with E-state index < -0.39 is 5.63 Å². The first-order valence-corrected chi connectivity index (χ1v) is 11.7. The van der Waals surface area contributed by atoms with Crippen LogP contribution in [0, 0.1) is 0 Å². The summed E-state index contributed by atoms with van der Waals surface area (Å²) in [6.45, 7) is 6.20. The molecule has 0 unspecified atom stereocenters. The summed E-state index contributed by atoms with van der Waals surface area (Å²) in [6, 6.07) is 27.2. The minimum Gasteiger partial charge on any atom is -0.422 e. The number of aliphatic imine (C=N–C) groups is 1. The van der Waals surface area contributed by atoms with Crippen LogP contribution in [0.15, 0.2) is 105 Å². The van der Waals surface area contributed by atoms with E-state index in [1.807, 2.05) is 72.9 Å². The van der Waals surface area contributed by atoms with Crippen LogP contribution in [0.2, 0.25) is 0 Å². The summed E-state index contributed by atoms with van der Waals surface area (Å²) in [5.74, 6) is 0. The van der Waals surface area contributed by atoms with E-state index in [0.717, 1.165) is 35.4 Å². The molecule has 0 aliphatic carbocycles. The van der Waals surface area contributed by atoms with Crippen LogP contribution < -0.4 is 10.5 Å². The Hall–Kier alpha value is -4.45. The zero-order chi connectivity index (χ0) is 24.2. The Balaban J connectivity index is 1.57. The standard InChI is InChI=1S/C29H26N4O2/c1-3-32(4-2)24-16-14-23(15-17-24)30-19-22-20-33(25-11-6-5-7-12-25)31-28(22)26-18-21-10-8-9-13-27(21)35-29(26)34/h5-20H,3-4H2,1-2H3. The fraction of sp³-hybridized carbons (Fsp3) is 0.138. The van der Waals surface area contributed by atoms with Gasteiger partial charge in [-0.15, -0.1) is 0 Å². The molecule has 5 rings (SSSR count). The lowest BCUT2D eigenvalue weighted by atomic mass is 10.1. The first-order chi connectivity index (χ1) is 17.2. The number of hydrogen-bond acceptors (Lipinski definition) is 5. The molecule has 0 bridgehead atoms. The maximum atomic E-state index is 12.9. The molecule has 0 amide bonds. The zero-order valence-electron chi connectivity index (χ0n) is 19.8. The average Bonchev–Trinajstić information content (AvgIpc) is 3.33. The summed E-state index contributed by atoms with van der Waals surface area (Å²) < 4.78 is 7.34. The molecule has 0 N–H and O–H groups in total. The molecule has 2 aromatic heterocycles. The van der Waals surface area contributed by atoms with Gasteiger partial charge < -0.3 is 9.32 Å². The van der Waals surface area contributed by atoms with Gasteiger partial charge in [-0.2, -0.15) is 5.10 Å². The Kier molecular flexibility index (Phi) is 6.26. The Morgan fingerprint density at radius 2 is 1.66 bits per heavy atom. The molecule has 35 heavy (non-hydrogen) atoms. The molecule has 0 fully saturated rings. The van der Waals surface area contributed by atoms with E-state index in [9.17, 15) is 4.79 Å². The Morgan fingerprint density at radius 1 is 0.943 bits per heavy atom. The highest BCUT2D eigenvalue weighted by Crippen LogP contribution is 2.25. The Bertz CT molecular complexity index is 1530. The summed E-state index contributed by atoms with van der Waals surface area (Å²) in [4.78, 5) is 19.9. The smallest absolute Gasteiger partial charge is 0.345 e. The van der Waals surface area contributed by atoms with Crippen LogP contribution in [0.3, 0.4) is 0 Å². The van der Waals surface area contributed by atoms with Crippen LogP contribution in [0.5, 0.6) is 0 Å². The number of rotatable bonds is 7. The quantitative estimate of drug-likeness (QED) is 0.212. The summed E-state index contributed by atoms with van der Waals surface area (Å²) in [5, 5.41) is 5.59. The highest BCUT2D eigenvalue weighted by molar-refractivity contribution is 5.91. The van der Waals surface area contributed by atoms with E-state index in [1.54, 1.807) is 17.0 Å². The molecule has 6 heteroatoms. The molecule has 5 aromatic rings. The van der Waals surface area contributed by atoms with Crippen LogP contribution in [-0.2, 0) is 0 Å². The lowest BCUT2D eigenvalue weighted by Crippen LogP contribution is -2.21. The number of para-hydroxylation sites is 2. The van der Waals surface area contributed by atoms with E-state index in [1.165, 1.54) is 5.69 Å². The van der Waals surface area contributed by atoms with Gasteiger partial charge in [0.15, 0.2) is 0 Å². The molecule has 0 saturated heterocycles. The van der Waals surface area contributed by atoms with Crippen molar-refractivity contribution in [1.82, 2.24) is 9.78 Å². The van der Waals surface area contributed by atoms with Crippen LogP contribution in [-0.4, -0.2) is 29.1 Å². The van der Waals surface area contributed by atoms with Crippen LogP contribution in [0.1, 0.15) is 19.4 Å². The monoisotopic (exact) mass is 462 g/mol. The molecular weight excluding hydrogens is 436 g/mol. The van der Waals surface area contributed by atoms with Crippen molar-refractivity contribution >= 4 is 28.6 Å². The third-order valence-electron chi connectivity index (χ3n) is 5.99. The molecular formula is C29H26N4O2. The largest absolute Gasteiger partial charge is 0.422 e. The van der Waals surface area contributed by atoms with Crippen LogP contribution in [0.25, 0.3) is 27.9 Å². The number of hydrogen-bond donors (Lipinski definition) is 0. The van der Waals surface area contributed by atoms with Crippen molar-refractivity contribution in [3.8, 4) is 16.9 Å². The number of benzene rings is 3. The van der Waals surface area contributed by atoms with Crippen molar-refractivity contribution in [2.45, 2.75) is 13.8 Å². The molecule has 3 aromatic carbocycles. The first kappa shape index (κ1) is 22.3. The Morgan fingerprint density at radius 3 is 2.40 bits per heavy atom. The van der Waals surface area contributed by atoms with Crippen molar-refractivity contribution in [2.24, 2.45) is 4.99 Å². The SMILES string of the molecule is CCN(CC)c1ccc(N=Cc2cn(-c3ccccc3)nc2-c2cc3ccccc3oc2=O)cc1. The van der Waals surface area contributed by atoms with E-state index >= 15 is 0 Å². The summed E-state index contributed by atoms with van der Waals surface area (Å²) >= 11 is 0. The highest BCUT2D eigenvalue weighted by atomic mass is 16.4. The van der Waals surface area contributed by atoms with Gasteiger partial charge >= 0.3 is 5.63 Å². The van der Waals surface area contributed by atoms with Gasteiger partial charge in [-0.25, -0.2) is 9.48 Å². The summed E-state index contributed by atoms with van der Waals surface area (Å²) in [7, 11) is 0. The van der Waals surface area contributed by atoms with Crippen molar-refractivity contribution in [3.63, 3.8) is 0 Å². The number of aromatic nitrogens is 2. The predicted molar refractivity (Wildman–Crippen MR) is 142 cm³/mol. The molecule has 0 aliphatic heterocycles. The van der Waals surface area contributed by atoms with E-state index in [4.69, 9.17) is 9.52 Å². The molecule has 0 aliphatic rings. The summed E-state index contributed by atoms with van der Waals surface area (Å²) in [6.07, 6.45) is 3.63. The second kappa shape index (κ2) is 9.81. The molecule has 0 atom stereocenters. The fourth-order valence-corrected chi connectivity index (χ4v) is 4.11. The first-order valence-electron chi connectivity index (χ1n) is 11.7. The van der Waals surface area contributed by atoms with Crippen molar-refractivity contribution in [2.75, 3.05) is 18.0 Å². The van der Waals surface area contributed by atoms with Gasteiger partial charge in [0.2, 0.25) is 0 Å². The molecule has 0 saturated carbocycles. The van der Waals surface area contributed by atoms with Crippen molar-refractivity contribution in [1.29, 1.82) is 0 Å². The van der Waals surface area contributed by atoms with Gasteiger partial charge in [0.25, 0.3) is 0 Å². The van der Waals surface area contributed by atoms with Gasteiger partial charge in [0.05, 0.1) is 16.9 Å². The van der Waals surface area contributed by atoms with Gasteiger partial charge in [0, 0.05) is 42.1 Å². The number of fused-ring (bicyclic) bond motifs is 1. The third-order valence-corrected chi connectivity index (χ3v) is 5.99. The minimum absolute atomic E-state index is 0.400. The van der Waals surface area contributed by atoms with E-state index in [-0.39, 0.29) is 0 Å².